The lowest BCUT2D eigenvalue weighted by molar-refractivity contribution is -0.120. The van der Waals surface area contributed by atoms with Crippen LogP contribution in [0.4, 0.5) is 18.9 Å². The van der Waals surface area contributed by atoms with E-state index in [0.29, 0.717) is 12.2 Å². The average Bonchev–Trinajstić information content (AvgIpc) is 3.09. The quantitative estimate of drug-likeness (QED) is 0.881. The summed E-state index contributed by atoms with van der Waals surface area (Å²) in [5, 5.41) is 3.02. The number of nitrogens with one attached hydrogen (secondary N) is 1. The first-order valence-corrected chi connectivity index (χ1v) is 6.96. The summed E-state index contributed by atoms with van der Waals surface area (Å²) in [6.45, 7) is -0.191. The molecular weight excluding hydrogens is 321 g/mol. The Morgan fingerprint density at radius 2 is 2.05 bits per heavy atom. The van der Waals surface area contributed by atoms with Gasteiger partial charge in [0, 0.05) is 17.1 Å². The van der Waals surface area contributed by atoms with E-state index in [1.165, 1.54) is 4.90 Å². The second-order valence-electron chi connectivity index (χ2n) is 4.79. The highest BCUT2D eigenvalue weighted by molar-refractivity contribution is 9.10. The molecule has 0 amide bonds. The highest BCUT2D eigenvalue weighted by Gasteiger charge is 2.38. The Labute approximate surface area is 119 Å². The predicted molar refractivity (Wildman–Crippen MR) is 73.3 cm³/mol. The Morgan fingerprint density at radius 1 is 1.37 bits per heavy atom. The van der Waals surface area contributed by atoms with Crippen LogP contribution >= 0.6 is 15.9 Å². The van der Waals surface area contributed by atoms with Gasteiger partial charge in [-0.25, -0.2) is 0 Å². The van der Waals surface area contributed by atoms with Crippen molar-refractivity contribution >= 4 is 21.6 Å². The Morgan fingerprint density at radius 3 is 2.53 bits per heavy atom. The molecular formula is C13H16BrF3N2. The van der Waals surface area contributed by atoms with E-state index in [-0.39, 0.29) is 6.04 Å². The first-order valence-electron chi connectivity index (χ1n) is 6.17. The summed E-state index contributed by atoms with van der Waals surface area (Å²) in [6, 6.07) is 5.52. The number of benzene rings is 1. The third-order valence-corrected chi connectivity index (χ3v) is 3.67. The molecule has 0 saturated heterocycles. The number of halogens is 4. The normalized spacial score (nSPS) is 15.6. The van der Waals surface area contributed by atoms with Crippen molar-refractivity contribution in [3.8, 4) is 0 Å². The molecule has 0 heterocycles. The minimum Gasteiger partial charge on any atom is -0.359 e. The molecule has 1 aromatic rings. The zero-order chi connectivity index (χ0) is 14.0. The molecule has 0 bridgehead atoms. The minimum absolute atomic E-state index is 0.0214. The van der Waals surface area contributed by atoms with E-state index < -0.39 is 12.7 Å². The van der Waals surface area contributed by atoms with Crippen molar-refractivity contribution in [1.29, 1.82) is 0 Å². The molecule has 19 heavy (non-hydrogen) atoms. The fourth-order valence-electron chi connectivity index (χ4n) is 2.09. The van der Waals surface area contributed by atoms with Crippen molar-refractivity contribution in [2.45, 2.75) is 31.6 Å². The van der Waals surface area contributed by atoms with Crippen molar-refractivity contribution in [1.82, 2.24) is 5.32 Å². The second kappa shape index (κ2) is 5.71. The lowest BCUT2D eigenvalue weighted by atomic mass is 10.2. The second-order valence-corrected chi connectivity index (χ2v) is 5.64. The third kappa shape index (κ3) is 4.11. The summed E-state index contributed by atoms with van der Waals surface area (Å²) in [5.74, 6) is 0. The van der Waals surface area contributed by atoms with Crippen LogP contribution in [0.3, 0.4) is 0 Å². The standard InChI is InChI=1S/C13H16BrF3N2/c1-18-7-9-2-5-12(11(14)6-9)19(10-3-4-10)8-13(15,16)17/h2,5-6,10,18H,3-4,7-8H2,1H3. The van der Waals surface area contributed by atoms with Gasteiger partial charge in [0.25, 0.3) is 0 Å². The van der Waals surface area contributed by atoms with Crippen molar-refractivity contribution in [2.75, 3.05) is 18.5 Å². The molecule has 0 unspecified atom stereocenters. The molecule has 1 fully saturated rings. The Balaban J connectivity index is 2.21. The molecule has 1 N–H and O–H groups in total. The van der Waals surface area contributed by atoms with Crippen LogP contribution in [0, 0.1) is 0 Å². The Kier molecular flexibility index (Phi) is 4.40. The monoisotopic (exact) mass is 336 g/mol. The van der Waals surface area contributed by atoms with Crippen LogP contribution in [0.2, 0.25) is 0 Å². The fourth-order valence-corrected chi connectivity index (χ4v) is 2.74. The predicted octanol–water partition coefficient (Wildman–Crippen LogP) is 3.70. The maximum atomic E-state index is 12.6. The first kappa shape index (κ1) is 14.7. The number of rotatable bonds is 5. The summed E-state index contributed by atoms with van der Waals surface area (Å²) in [7, 11) is 1.84. The molecule has 0 atom stereocenters. The highest BCUT2D eigenvalue weighted by atomic mass is 79.9. The van der Waals surface area contributed by atoms with Crippen LogP contribution in [0.1, 0.15) is 18.4 Å². The Hall–Kier alpha value is -0.750. The van der Waals surface area contributed by atoms with Gasteiger partial charge < -0.3 is 10.2 Å². The van der Waals surface area contributed by atoms with Crippen LogP contribution in [0.5, 0.6) is 0 Å². The lowest BCUT2D eigenvalue weighted by Gasteiger charge is -2.27. The number of alkyl halides is 3. The number of anilines is 1. The molecule has 2 rings (SSSR count). The summed E-state index contributed by atoms with van der Waals surface area (Å²) >= 11 is 3.38. The van der Waals surface area contributed by atoms with Gasteiger partial charge in [-0.05, 0) is 53.5 Å². The zero-order valence-corrected chi connectivity index (χ0v) is 12.2. The molecule has 0 aromatic heterocycles. The molecule has 0 spiro atoms. The number of hydrogen-bond acceptors (Lipinski definition) is 2. The van der Waals surface area contributed by atoms with Crippen LogP contribution in [0.25, 0.3) is 0 Å². The highest BCUT2D eigenvalue weighted by Crippen LogP contribution is 2.38. The van der Waals surface area contributed by atoms with Gasteiger partial charge in [-0.1, -0.05) is 6.07 Å². The lowest BCUT2D eigenvalue weighted by Crippen LogP contribution is -2.36. The number of hydrogen-bond donors (Lipinski definition) is 1. The van der Waals surface area contributed by atoms with E-state index in [9.17, 15) is 13.2 Å². The van der Waals surface area contributed by atoms with Crippen LogP contribution < -0.4 is 10.2 Å². The van der Waals surface area contributed by atoms with Gasteiger partial charge in [0.2, 0.25) is 0 Å². The van der Waals surface area contributed by atoms with Crippen molar-refractivity contribution in [3.63, 3.8) is 0 Å². The fraction of sp³-hybridized carbons (Fsp3) is 0.538. The SMILES string of the molecule is CNCc1ccc(N(CC(F)(F)F)C2CC2)c(Br)c1. The topological polar surface area (TPSA) is 15.3 Å². The van der Waals surface area contributed by atoms with Crippen LogP contribution in [0.15, 0.2) is 22.7 Å². The van der Waals surface area contributed by atoms with Crippen molar-refractivity contribution in [2.24, 2.45) is 0 Å². The Bertz CT molecular complexity index is 444. The maximum Gasteiger partial charge on any atom is 0.405 e. The minimum atomic E-state index is -4.17. The van der Waals surface area contributed by atoms with Gasteiger partial charge in [-0.3, -0.25) is 0 Å². The third-order valence-electron chi connectivity index (χ3n) is 3.04. The van der Waals surface area contributed by atoms with Gasteiger partial charge in [-0.2, -0.15) is 13.2 Å². The molecule has 0 radical (unpaired) electrons. The molecule has 1 aliphatic carbocycles. The van der Waals surface area contributed by atoms with Crippen molar-refractivity contribution < 1.29 is 13.2 Å². The molecule has 0 aliphatic heterocycles. The van der Waals surface area contributed by atoms with Gasteiger partial charge in [-0.15, -0.1) is 0 Å². The van der Waals surface area contributed by atoms with E-state index in [1.807, 2.05) is 19.2 Å². The summed E-state index contributed by atoms with van der Waals surface area (Å²) in [4.78, 5) is 1.45. The van der Waals surface area contributed by atoms with Gasteiger partial charge in [0.05, 0.1) is 5.69 Å². The molecule has 2 nitrogen and oxygen atoms in total. The van der Waals surface area contributed by atoms with E-state index in [4.69, 9.17) is 0 Å². The van der Waals surface area contributed by atoms with Crippen LogP contribution in [-0.2, 0) is 6.54 Å². The summed E-state index contributed by atoms with van der Waals surface area (Å²) < 4.78 is 38.7. The molecule has 6 heteroatoms. The maximum absolute atomic E-state index is 12.6. The number of nitrogens with zero attached hydrogens (tertiary/aromatic N) is 1. The summed E-state index contributed by atoms with van der Waals surface area (Å²) in [6.07, 6.45) is -2.51. The molecule has 106 valence electrons. The smallest absolute Gasteiger partial charge is 0.359 e. The van der Waals surface area contributed by atoms with Gasteiger partial charge >= 0.3 is 6.18 Å². The van der Waals surface area contributed by atoms with Crippen molar-refractivity contribution in [3.05, 3.63) is 28.2 Å². The molecule has 1 aromatic carbocycles. The van der Waals surface area contributed by atoms with Gasteiger partial charge in [0.15, 0.2) is 0 Å². The molecule has 1 saturated carbocycles. The average molecular weight is 337 g/mol. The summed E-state index contributed by atoms with van der Waals surface area (Å²) in [5.41, 5.74) is 1.67. The zero-order valence-electron chi connectivity index (χ0n) is 10.6. The van der Waals surface area contributed by atoms with E-state index >= 15 is 0 Å². The van der Waals surface area contributed by atoms with Crippen LogP contribution in [-0.4, -0.2) is 25.8 Å². The largest absolute Gasteiger partial charge is 0.405 e. The van der Waals surface area contributed by atoms with E-state index in [2.05, 4.69) is 21.2 Å². The van der Waals surface area contributed by atoms with Gasteiger partial charge in [0.1, 0.15) is 6.54 Å². The van der Waals surface area contributed by atoms with E-state index in [0.717, 1.165) is 22.9 Å². The van der Waals surface area contributed by atoms with E-state index in [1.54, 1.807) is 6.07 Å². The molecule has 1 aliphatic rings. The first-order chi connectivity index (χ1) is 8.90.